The van der Waals surface area contributed by atoms with Crippen LogP contribution in [0.1, 0.15) is 29.1 Å². The summed E-state index contributed by atoms with van der Waals surface area (Å²) in [6.07, 6.45) is 3.60. The lowest BCUT2D eigenvalue weighted by atomic mass is 10.2. The number of rotatable bonds is 3. The van der Waals surface area contributed by atoms with Crippen LogP contribution >= 0.6 is 0 Å². The van der Waals surface area contributed by atoms with Crippen LogP contribution < -0.4 is 0 Å². The molecule has 0 amide bonds. The molecule has 6 nitrogen and oxygen atoms in total. The molecule has 0 saturated heterocycles. The van der Waals surface area contributed by atoms with Crippen molar-refractivity contribution >= 4 is 17.0 Å². The van der Waals surface area contributed by atoms with Gasteiger partial charge in [0.2, 0.25) is 0 Å². The number of benzene rings is 1. The van der Waals surface area contributed by atoms with Crippen molar-refractivity contribution < 1.29 is 9.53 Å². The topological polar surface area (TPSA) is 72.8 Å². The van der Waals surface area contributed by atoms with Crippen LogP contribution in [0, 0.1) is 0 Å². The molecule has 1 unspecified atom stereocenters. The molecule has 2 heterocycles. The molecule has 1 atom stereocenters. The zero-order chi connectivity index (χ0) is 14.1. The molecule has 6 heteroatoms. The first-order chi connectivity index (χ1) is 9.70. The Morgan fingerprint density at radius 2 is 2.25 bits per heavy atom. The molecule has 0 bridgehead atoms. The van der Waals surface area contributed by atoms with Gasteiger partial charge in [0.15, 0.2) is 0 Å². The van der Waals surface area contributed by atoms with E-state index in [9.17, 15) is 4.79 Å². The maximum absolute atomic E-state index is 11.7. The molecule has 0 aliphatic rings. The van der Waals surface area contributed by atoms with Gasteiger partial charge in [-0.3, -0.25) is 4.68 Å². The van der Waals surface area contributed by atoms with Crippen molar-refractivity contribution in [2.45, 2.75) is 13.0 Å². The Kier molecular flexibility index (Phi) is 2.98. The number of carbonyl (C=O) groups excluding carboxylic acids is 1. The summed E-state index contributed by atoms with van der Waals surface area (Å²) in [6.45, 7) is 1.99. The summed E-state index contributed by atoms with van der Waals surface area (Å²) in [5, 5.41) is 4.20. The molecule has 0 saturated carbocycles. The van der Waals surface area contributed by atoms with Gasteiger partial charge in [-0.2, -0.15) is 5.10 Å². The number of hydrogen-bond donors (Lipinski definition) is 1. The molecule has 2 aromatic heterocycles. The van der Waals surface area contributed by atoms with E-state index in [1.165, 1.54) is 7.11 Å². The van der Waals surface area contributed by atoms with Gasteiger partial charge in [-0.1, -0.05) is 6.07 Å². The predicted octanol–water partition coefficient (Wildman–Crippen LogP) is 2.16. The van der Waals surface area contributed by atoms with Crippen LogP contribution in [0.5, 0.6) is 0 Å². The van der Waals surface area contributed by atoms with Gasteiger partial charge in [0, 0.05) is 12.4 Å². The molecule has 1 aromatic carbocycles. The van der Waals surface area contributed by atoms with Crippen molar-refractivity contribution in [3.63, 3.8) is 0 Å². The highest BCUT2D eigenvalue weighted by atomic mass is 16.5. The number of H-pyrrole nitrogens is 1. The van der Waals surface area contributed by atoms with Gasteiger partial charge >= 0.3 is 5.97 Å². The van der Waals surface area contributed by atoms with Crippen LogP contribution in [0.4, 0.5) is 0 Å². The Bertz CT molecular complexity index is 746. The highest BCUT2D eigenvalue weighted by molar-refractivity contribution is 6.01. The van der Waals surface area contributed by atoms with Crippen molar-refractivity contribution in [2.75, 3.05) is 7.11 Å². The summed E-state index contributed by atoms with van der Waals surface area (Å²) < 4.78 is 6.58. The summed E-state index contributed by atoms with van der Waals surface area (Å²) in [7, 11) is 1.36. The normalized spacial score (nSPS) is 12.5. The van der Waals surface area contributed by atoms with Gasteiger partial charge < -0.3 is 9.72 Å². The summed E-state index contributed by atoms with van der Waals surface area (Å²) in [6, 6.07) is 7.21. The van der Waals surface area contributed by atoms with E-state index in [4.69, 9.17) is 4.74 Å². The second-order valence-corrected chi connectivity index (χ2v) is 4.48. The Hall–Kier alpha value is -2.63. The summed E-state index contributed by atoms with van der Waals surface area (Å²) in [4.78, 5) is 19.5. The van der Waals surface area contributed by atoms with Crippen molar-refractivity contribution in [1.29, 1.82) is 0 Å². The summed E-state index contributed by atoms with van der Waals surface area (Å²) in [5.41, 5.74) is 1.88. The fourth-order valence-electron chi connectivity index (χ4n) is 2.16. The maximum atomic E-state index is 11.7. The van der Waals surface area contributed by atoms with Crippen molar-refractivity contribution in [3.05, 3.63) is 48.0 Å². The lowest BCUT2D eigenvalue weighted by Gasteiger charge is -2.08. The molecular weight excluding hydrogens is 256 g/mol. The Labute approximate surface area is 115 Å². The van der Waals surface area contributed by atoms with Gasteiger partial charge in [-0.15, -0.1) is 0 Å². The number of para-hydroxylation sites is 1. The molecular formula is C14H14N4O2. The molecule has 0 aliphatic heterocycles. The smallest absolute Gasteiger partial charge is 0.340 e. The van der Waals surface area contributed by atoms with Gasteiger partial charge in [-0.05, 0) is 25.1 Å². The van der Waals surface area contributed by atoms with Gasteiger partial charge in [0.25, 0.3) is 0 Å². The Morgan fingerprint density at radius 3 is 2.95 bits per heavy atom. The zero-order valence-electron chi connectivity index (χ0n) is 11.2. The standard InChI is InChI=1S/C14H14N4O2/c1-9(18-8-4-7-15-18)13-16-11-6-3-5-10(12(11)17-13)14(19)20-2/h3-9H,1-2H3,(H,16,17). The highest BCUT2D eigenvalue weighted by Gasteiger charge is 2.17. The molecule has 20 heavy (non-hydrogen) atoms. The van der Waals surface area contributed by atoms with E-state index in [-0.39, 0.29) is 12.0 Å². The van der Waals surface area contributed by atoms with E-state index in [2.05, 4.69) is 15.1 Å². The Morgan fingerprint density at radius 1 is 1.40 bits per heavy atom. The number of carbonyl (C=O) groups is 1. The molecule has 1 N–H and O–H groups in total. The second-order valence-electron chi connectivity index (χ2n) is 4.48. The maximum Gasteiger partial charge on any atom is 0.340 e. The first-order valence-electron chi connectivity index (χ1n) is 6.27. The van der Waals surface area contributed by atoms with Crippen LogP contribution in [-0.2, 0) is 4.74 Å². The van der Waals surface area contributed by atoms with Gasteiger partial charge in [0.1, 0.15) is 17.4 Å². The van der Waals surface area contributed by atoms with E-state index in [1.54, 1.807) is 23.0 Å². The van der Waals surface area contributed by atoms with E-state index in [1.807, 2.05) is 25.3 Å². The molecule has 3 rings (SSSR count). The monoisotopic (exact) mass is 270 g/mol. The molecule has 0 radical (unpaired) electrons. The minimum atomic E-state index is -0.389. The summed E-state index contributed by atoms with van der Waals surface area (Å²) in [5.74, 6) is 0.362. The fraction of sp³-hybridized carbons (Fsp3) is 0.214. The summed E-state index contributed by atoms with van der Waals surface area (Å²) >= 11 is 0. The molecule has 102 valence electrons. The number of ether oxygens (including phenoxy) is 1. The van der Waals surface area contributed by atoms with Crippen molar-refractivity contribution in [2.24, 2.45) is 0 Å². The molecule has 0 fully saturated rings. The number of nitrogens with one attached hydrogen (secondary N) is 1. The van der Waals surface area contributed by atoms with Crippen LogP contribution in [0.25, 0.3) is 11.0 Å². The van der Waals surface area contributed by atoms with E-state index in [0.29, 0.717) is 11.1 Å². The van der Waals surface area contributed by atoms with Crippen LogP contribution in [-0.4, -0.2) is 32.8 Å². The predicted molar refractivity (Wildman–Crippen MR) is 73.5 cm³/mol. The number of imidazole rings is 1. The second kappa shape index (κ2) is 4.80. The number of aromatic nitrogens is 4. The molecule has 0 aliphatic carbocycles. The number of nitrogens with zero attached hydrogens (tertiary/aromatic N) is 3. The van der Waals surface area contributed by atoms with Crippen LogP contribution in [0.15, 0.2) is 36.7 Å². The number of methoxy groups -OCH3 is 1. The number of aromatic amines is 1. The third-order valence-electron chi connectivity index (χ3n) is 3.25. The largest absolute Gasteiger partial charge is 0.465 e. The molecule has 3 aromatic rings. The first-order valence-corrected chi connectivity index (χ1v) is 6.27. The average molecular weight is 270 g/mol. The van der Waals surface area contributed by atoms with Crippen molar-refractivity contribution in [3.8, 4) is 0 Å². The van der Waals surface area contributed by atoms with Crippen LogP contribution in [0.2, 0.25) is 0 Å². The van der Waals surface area contributed by atoms with Gasteiger partial charge in [-0.25, -0.2) is 9.78 Å². The third kappa shape index (κ3) is 1.95. The quantitative estimate of drug-likeness (QED) is 0.740. The first kappa shape index (κ1) is 12.4. The SMILES string of the molecule is COC(=O)c1cccc2[nH]c(C(C)n3cccn3)nc12. The number of hydrogen-bond acceptors (Lipinski definition) is 4. The minimum Gasteiger partial charge on any atom is -0.465 e. The lowest BCUT2D eigenvalue weighted by Crippen LogP contribution is -2.08. The van der Waals surface area contributed by atoms with E-state index >= 15 is 0 Å². The lowest BCUT2D eigenvalue weighted by molar-refractivity contribution is 0.0603. The highest BCUT2D eigenvalue weighted by Crippen LogP contribution is 2.21. The van der Waals surface area contributed by atoms with Crippen LogP contribution in [0.3, 0.4) is 0 Å². The third-order valence-corrected chi connectivity index (χ3v) is 3.25. The van der Waals surface area contributed by atoms with E-state index < -0.39 is 0 Å². The van der Waals surface area contributed by atoms with Gasteiger partial charge in [0.05, 0.1) is 18.2 Å². The number of fused-ring (bicyclic) bond motifs is 1. The van der Waals surface area contributed by atoms with E-state index in [0.717, 1.165) is 11.3 Å². The van der Waals surface area contributed by atoms with Crippen molar-refractivity contribution in [1.82, 2.24) is 19.7 Å². The zero-order valence-corrected chi connectivity index (χ0v) is 11.2. The fourth-order valence-corrected chi connectivity index (χ4v) is 2.16. The number of esters is 1. The minimum absolute atomic E-state index is 0.0390. The molecule has 0 spiro atoms. The average Bonchev–Trinajstić information content (AvgIpc) is 3.13. The Balaban J connectivity index is 2.09.